The fourth-order valence-electron chi connectivity index (χ4n) is 1.81. The molecular formula is C16H14N2O4. The Labute approximate surface area is 127 Å². The molecule has 112 valence electrons. The summed E-state index contributed by atoms with van der Waals surface area (Å²) in [5.41, 5.74) is 2.83. The normalized spacial score (nSPS) is 9.82. The lowest BCUT2D eigenvalue weighted by atomic mass is 10.1. The molecule has 0 spiro atoms. The highest BCUT2D eigenvalue weighted by Gasteiger charge is 2.07. The molecule has 2 rings (SSSR count). The minimum atomic E-state index is -1.22. The Morgan fingerprint density at radius 3 is 2.55 bits per heavy atom. The highest BCUT2D eigenvalue weighted by Crippen LogP contribution is 2.16. The molecule has 6 nitrogen and oxygen atoms in total. The third kappa shape index (κ3) is 4.52. The van der Waals surface area contributed by atoms with E-state index in [0.717, 1.165) is 16.8 Å². The molecule has 0 saturated heterocycles. The van der Waals surface area contributed by atoms with Gasteiger partial charge in [0.1, 0.15) is 0 Å². The molecule has 1 heterocycles. The number of hydrogen-bond donors (Lipinski definition) is 1. The summed E-state index contributed by atoms with van der Waals surface area (Å²) < 4.78 is 4.14. The van der Waals surface area contributed by atoms with Crippen LogP contribution in [0.2, 0.25) is 0 Å². The van der Waals surface area contributed by atoms with Crippen LogP contribution in [0.5, 0.6) is 0 Å². The molecule has 1 amide bonds. The maximum atomic E-state index is 11.1. The van der Waals surface area contributed by atoms with Gasteiger partial charge in [0, 0.05) is 18.3 Å². The molecule has 2 aromatic rings. The van der Waals surface area contributed by atoms with Gasteiger partial charge in [-0.05, 0) is 18.1 Å². The molecule has 22 heavy (non-hydrogen) atoms. The lowest BCUT2D eigenvalue weighted by molar-refractivity contribution is -0.143. The van der Waals surface area contributed by atoms with Crippen LogP contribution in [-0.2, 0) is 20.7 Å². The number of nitrogens with one attached hydrogen (secondary N) is 1. The van der Waals surface area contributed by atoms with Crippen LogP contribution in [0.1, 0.15) is 5.56 Å². The smallest absolute Gasteiger partial charge is 0.371 e. The highest BCUT2D eigenvalue weighted by atomic mass is 16.6. The Balaban J connectivity index is 1.83. The van der Waals surface area contributed by atoms with E-state index in [1.807, 2.05) is 42.5 Å². The van der Waals surface area contributed by atoms with Gasteiger partial charge < -0.3 is 10.1 Å². The molecular weight excluding hydrogens is 284 g/mol. The molecule has 1 aromatic carbocycles. The van der Waals surface area contributed by atoms with E-state index in [9.17, 15) is 14.4 Å². The van der Waals surface area contributed by atoms with Gasteiger partial charge in [0.25, 0.3) is 0 Å². The Hall–Kier alpha value is -3.02. The molecule has 0 aliphatic carbocycles. The van der Waals surface area contributed by atoms with Crippen molar-refractivity contribution < 1.29 is 19.1 Å². The number of esters is 1. The number of alkyl carbamates (subject to hydrolysis) is 1. The molecule has 0 aliphatic rings. The molecule has 0 saturated carbocycles. The predicted molar refractivity (Wildman–Crippen MR) is 78.9 cm³/mol. The van der Waals surface area contributed by atoms with E-state index in [1.165, 1.54) is 0 Å². The minimum Gasteiger partial charge on any atom is -0.371 e. The Morgan fingerprint density at radius 1 is 1.14 bits per heavy atom. The maximum absolute atomic E-state index is 11.1. The van der Waals surface area contributed by atoms with Crippen LogP contribution in [0.15, 0.2) is 48.7 Å². The van der Waals surface area contributed by atoms with Crippen molar-refractivity contribution in [3.05, 3.63) is 54.2 Å². The van der Waals surface area contributed by atoms with Crippen molar-refractivity contribution in [1.82, 2.24) is 10.3 Å². The lowest BCUT2D eigenvalue weighted by Crippen LogP contribution is -2.29. The predicted octanol–water partition coefficient (Wildman–Crippen LogP) is 1.74. The van der Waals surface area contributed by atoms with Gasteiger partial charge in [0.05, 0.1) is 5.69 Å². The molecule has 0 bridgehead atoms. The fourth-order valence-corrected chi connectivity index (χ4v) is 1.81. The first-order valence-electron chi connectivity index (χ1n) is 6.64. The zero-order valence-electron chi connectivity index (χ0n) is 11.7. The summed E-state index contributed by atoms with van der Waals surface area (Å²) in [7, 11) is 0. The SMILES string of the molecule is O=CC(=O)OC(=O)NCCc1ccc(-c2ccccc2)nc1. The second kappa shape index (κ2) is 7.68. The van der Waals surface area contributed by atoms with Crippen LogP contribution >= 0.6 is 0 Å². The summed E-state index contributed by atoms with van der Waals surface area (Å²) in [5.74, 6) is -1.22. The van der Waals surface area contributed by atoms with Crippen molar-refractivity contribution in [2.45, 2.75) is 6.42 Å². The van der Waals surface area contributed by atoms with Gasteiger partial charge in [-0.25, -0.2) is 9.59 Å². The Morgan fingerprint density at radius 2 is 1.91 bits per heavy atom. The Bertz CT molecular complexity index is 654. The van der Waals surface area contributed by atoms with Crippen LogP contribution in [0, 0.1) is 0 Å². The summed E-state index contributed by atoms with van der Waals surface area (Å²) in [5, 5.41) is 2.37. The van der Waals surface area contributed by atoms with Crippen molar-refractivity contribution >= 4 is 18.3 Å². The maximum Gasteiger partial charge on any atom is 0.415 e. The van der Waals surface area contributed by atoms with E-state index in [0.29, 0.717) is 6.42 Å². The lowest BCUT2D eigenvalue weighted by Gasteiger charge is -2.05. The quantitative estimate of drug-likeness (QED) is 0.393. The monoisotopic (exact) mass is 298 g/mol. The van der Waals surface area contributed by atoms with E-state index in [1.54, 1.807) is 6.20 Å². The van der Waals surface area contributed by atoms with Crippen molar-refractivity contribution in [2.24, 2.45) is 0 Å². The van der Waals surface area contributed by atoms with Crippen LogP contribution in [0.4, 0.5) is 4.79 Å². The minimum absolute atomic E-state index is 0.0637. The average Bonchev–Trinajstić information content (AvgIpc) is 2.56. The number of rotatable bonds is 5. The van der Waals surface area contributed by atoms with Gasteiger partial charge in [-0.1, -0.05) is 36.4 Å². The summed E-state index contributed by atoms with van der Waals surface area (Å²) in [4.78, 5) is 36.1. The number of hydrogen-bond acceptors (Lipinski definition) is 5. The van der Waals surface area contributed by atoms with Gasteiger partial charge >= 0.3 is 12.1 Å². The first kappa shape index (κ1) is 15.4. The van der Waals surface area contributed by atoms with Crippen LogP contribution in [0.3, 0.4) is 0 Å². The van der Waals surface area contributed by atoms with E-state index in [-0.39, 0.29) is 12.8 Å². The molecule has 0 unspecified atom stereocenters. The first-order valence-corrected chi connectivity index (χ1v) is 6.64. The standard InChI is InChI=1S/C16H14N2O4/c19-11-15(20)22-16(21)17-9-8-12-6-7-14(18-10-12)13-4-2-1-3-5-13/h1-7,10-11H,8-9H2,(H,17,21). The molecule has 1 N–H and O–H groups in total. The number of aldehydes is 1. The second-order valence-corrected chi connectivity index (χ2v) is 4.42. The van der Waals surface area contributed by atoms with Crippen molar-refractivity contribution in [3.63, 3.8) is 0 Å². The highest BCUT2D eigenvalue weighted by molar-refractivity contribution is 6.22. The molecule has 6 heteroatoms. The number of benzene rings is 1. The number of ether oxygens (including phenoxy) is 1. The van der Waals surface area contributed by atoms with E-state index < -0.39 is 12.1 Å². The van der Waals surface area contributed by atoms with Gasteiger partial charge in [0.15, 0.2) is 0 Å². The van der Waals surface area contributed by atoms with Crippen molar-refractivity contribution in [3.8, 4) is 11.3 Å². The molecule has 0 atom stereocenters. The van der Waals surface area contributed by atoms with E-state index >= 15 is 0 Å². The topological polar surface area (TPSA) is 85.4 Å². The van der Waals surface area contributed by atoms with Gasteiger partial charge in [-0.2, -0.15) is 0 Å². The van der Waals surface area contributed by atoms with E-state index in [4.69, 9.17) is 0 Å². The number of carbonyl (C=O) groups is 3. The number of nitrogens with zero attached hydrogens (tertiary/aromatic N) is 1. The molecule has 1 aromatic heterocycles. The second-order valence-electron chi connectivity index (χ2n) is 4.42. The van der Waals surface area contributed by atoms with Crippen LogP contribution in [0.25, 0.3) is 11.3 Å². The average molecular weight is 298 g/mol. The Kier molecular flexibility index (Phi) is 5.37. The van der Waals surface area contributed by atoms with E-state index in [2.05, 4.69) is 15.0 Å². The van der Waals surface area contributed by atoms with Crippen LogP contribution < -0.4 is 5.32 Å². The third-order valence-electron chi connectivity index (χ3n) is 2.87. The molecule has 0 radical (unpaired) electrons. The number of aromatic nitrogens is 1. The number of carbonyl (C=O) groups excluding carboxylic acids is 3. The summed E-state index contributed by atoms with van der Waals surface area (Å²) in [6, 6.07) is 13.6. The van der Waals surface area contributed by atoms with Gasteiger partial charge in [-0.15, -0.1) is 0 Å². The van der Waals surface area contributed by atoms with Crippen molar-refractivity contribution in [2.75, 3.05) is 6.54 Å². The van der Waals surface area contributed by atoms with Crippen molar-refractivity contribution in [1.29, 1.82) is 0 Å². The third-order valence-corrected chi connectivity index (χ3v) is 2.87. The first-order chi connectivity index (χ1) is 10.7. The summed E-state index contributed by atoms with van der Waals surface area (Å²) >= 11 is 0. The summed E-state index contributed by atoms with van der Waals surface area (Å²) in [6.07, 6.45) is 1.26. The number of pyridine rings is 1. The van der Waals surface area contributed by atoms with Gasteiger partial charge in [0.2, 0.25) is 6.29 Å². The molecule has 0 fully saturated rings. The summed E-state index contributed by atoms with van der Waals surface area (Å²) in [6.45, 7) is 0.275. The molecule has 0 aliphatic heterocycles. The zero-order valence-corrected chi connectivity index (χ0v) is 11.7. The van der Waals surface area contributed by atoms with Crippen LogP contribution in [-0.4, -0.2) is 29.9 Å². The zero-order chi connectivity index (χ0) is 15.8. The largest absolute Gasteiger partial charge is 0.415 e. The number of amides is 1. The van der Waals surface area contributed by atoms with Gasteiger partial charge in [-0.3, -0.25) is 9.78 Å². The fraction of sp³-hybridized carbons (Fsp3) is 0.125.